The minimum atomic E-state index is -0.213. The van der Waals surface area contributed by atoms with E-state index in [9.17, 15) is 0 Å². The van der Waals surface area contributed by atoms with Gasteiger partial charge in [-0.2, -0.15) is 0 Å². The molecule has 4 nitrogen and oxygen atoms in total. The maximum absolute atomic E-state index is 5.40. The minimum absolute atomic E-state index is 0.213. The van der Waals surface area contributed by atoms with E-state index in [0.717, 1.165) is 11.1 Å². The molecule has 0 spiro atoms. The highest BCUT2D eigenvalue weighted by molar-refractivity contribution is 5.67. The van der Waals surface area contributed by atoms with Gasteiger partial charge in [0, 0.05) is 0 Å². The number of hydrogen-bond acceptors (Lipinski definition) is 4. The summed E-state index contributed by atoms with van der Waals surface area (Å²) in [5, 5.41) is 0. The molecule has 2 aromatic rings. The summed E-state index contributed by atoms with van der Waals surface area (Å²) >= 11 is 0. The Hall–Kier alpha value is -2.24. The second-order valence-corrected chi connectivity index (χ2v) is 6.18. The van der Waals surface area contributed by atoms with E-state index in [2.05, 4.69) is 48.5 Å². The van der Waals surface area contributed by atoms with E-state index in [4.69, 9.17) is 18.9 Å². The molecule has 4 heteroatoms. The first-order chi connectivity index (χ1) is 12.9. The van der Waals surface area contributed by atoms with Crippen molar-refractivity contribution in [2.75, 3.05) is 26.4 Å². The zero-order valence-corrected chi connectivity index (χ0v) is 14.5. The van der Waals surface area contributed by atoms with Crippen molar-refractivity contribution < 1.29 is 18.9 Å². The number of benzene rings is 2. The van der Waals surface area contributed by atoms with Crippen LogP contribution < -0.4 is 0 Å². The van der Waals surface area contributed by atoms with E-state index in [1.165, 1.54) is 11.1 Å². The fourth-order valence-electron chi connectivity index (χ4n) is 2.93. The van der Waals surface area contributed by atoms with Crippen LogP contribution in [0.2, 0.25) is 0 Å². The van der Waals surface area contributed by atoms with E-state index < -0.39 is 0 Å². The van der Waals surface area contributed by atoms with Crippen molar-refractivity contribution in [1.82, 2.24) is 0 Å². The summed E-state index contributed by atoms with van der Waals surface area (Å²) in [7, 11) is 0. The first-order valence-electron chi connectivity index (χ1n) is 8.90. The van der Waals surface area contributed by atoms with Crippen molar-refractivity contribution in [3.63, 3.8) is 0 Å². The molecule has 2 saturated heterocycles. The molecule has 0 aliphatic carbocycles. The van der Waals surface area contributed by atoms with Gasteiger partial charge in [-0.15, -0.1) is 0 Å². The molecule has 4 rings (SSSR count). The lowest BCUT2D eigenvalue weighted by atomic mass is 10.0. The van der Waals surface area contributed by atoms with Crippen molar-refractivity contribution in [3.8, 4) is 11.1 Å². The highest BCUT2D eigenvalue weighted by Gasteiger charge is 2.12. The van der Waals surface area contributed by atoms with Crippen LogP contribution in [-0.4, -0.2) is 39.0 Å². The third kappa shape index (κ3) is 4.48. The second kappa shape index (κ2) is 8.43. The molecule has 134 valence electrons. The number of rotatable bonds is 5. The standard InChI is InChI=1S/C22H22O4/c1-7-19(8-2-17(1)5-11-21-23-13-14-24-21)20-9-3-18(4-10-20)6-12-22-25-15-16-26-22/h1-12,21-22H,13-16H2/b11-5+,12-6?. The van der Waals surface area contributed by atoms with Gasteiger partial charge >= 0.3 is 0 Å². The SMILES string of the molecule is C(=CC1OCCO1)c1ccc(-c2ccc(/C=C/C3OCCO3)cc2)cc1. The molecule has 26 heavy (non-hydrogen) atoms. The third-order valence-electron chi connectivity index (χ3n) is 4.34. The molecule has 2 fully saturated rings. The Kier molecular flexibility index (Phi) is 5.57. The van der Waals surface area contributed by atoms with Crippen LogP contribution in [0.5, 0.6) is 0 Å². The summed E-state index contributed by atoms with van der Waals surface area (Å²) in [6, 6.07) is 16.9. The van der Waals surface area contributed by atoms with Gasteiger partial charge in [0.25, 0.3) is 0 Å². The zero-order chi connectivity index (χ0) is 17.6. The third-order valence-corrected chi connectivity index (χ3v) is 4.34. The molecule has 0 N–H and O–H groups in total. The van der Waals surface area contributed by atoms with Crippen molar-refractivity contribution in [3.05, 3.63) is 71.8 Å². The van der Waals surface area contributed by atoms with Crippen LogP contribution in [0.15, 0.2) is 60.7 Å². The largest absolute Gasteiger partial charge is 0.347 e. The first-order valence-corrected chi connectivity index (χ1v) is 8.90. The predicted molar refractivity (Wildman–Crippen MR) is 101 cm³/mol. The molecule has 2 heterocycles. The van der Waals surface area contributed by atoms with Crippen LogP contribution in [0.25, 0.3) is 23.3 Å². The Morgan fingerprint density at radius 3 is 1.23 bits per heavy atom. The van der Waals surface area contributed by atoms with Gasteiger partial charge in [0.2, 0.25) is 0 Å². The molecule has 2 aliphatic rings. The number of hydrogen-bond donors (Lipinski definition) is 0. The molecule has 0 atom stereocenters. The average Bonchev–Trinajstić information content (AvgIpc) is 3.40. The van der Waals surface area contributed by atoms with Crippen LogP contribution in [-0.2, 0) is 18.9 Å². The molecule has 0 saturated carbocycles. The van der Waals surface area contributed by atoms with E-state index >= 15 is 0 Å². The fraction of sp³-hybridized carbons (Fsp3) is 0.273. The van der Waals surface area contributed by atoms with E-state index in [-0.39, 0.29) is 12.6 Å². The van der Waals surface area contributed by atoms with Crippen molar-refractivity contribution in [2.24, 2.45) is 0 Å². The monoisotopic (exact) mass is 350 g/mol. The average molecular weight is 350 g/mol. The summed E-state index contributed by atoms with van der Waals surface area (Å²) in [6.45, 7) is 2.67. The summed E-state index contributed by atoms with van der Waals surface area (Å²) in [5.41, 5.74) is 4.63. The lowest BCUT2D eigenvalue weighted by Gasteiger charge is -2.05. The maximum atomic E-state index is 5.40. The predicted octanol–water partition coefficient (Wildman–Crippen LogP) is 4.13. The molecular formula is C22H22O4. The molecule has 0 bridgehead atoms. The van der Waals surface area contributed by atoms with Crippen LogP contribution in [0.3, 0.4) is 0 Å². The summed E-state index contributed by atoms with van der Waals surface area (Å²) < 4.78 is 21.6. The van der Waals surface area contributed by atoms with Gasteiger partial charge in [0.05, 0.1) is 26.4 Å². The van der Waals surface area contributed by atoms with Crippen LogP contribution in [0.1, 0.15) is 11.1 Å². The van der Waals surface area contributed by atoms with Crippen molar-refractivity contribution in [1.29, 1.82) is 0 Å². The minimum Gasteiger partial charge on any atom is -0.347 e. The molecule has 0 aromatic heterocycles. The van der Waals surface area contributed by atoms with Crippen LogP contribution >= 0.6 is 0 Å². The topological polar surface area (TPSA) is 36.9 Å². The first kappa shape index (κ1) is 17.2. The van der Waals surface area contributed by atoms with Gasteiger partial charge in [0.1, 0.15) is 0 Å². The maximum Gasteiger partial charge on any atom is 0.177 e. The molecule has 2 aliphatic heterocycles. The van der Waals surface area contributed by atoms with E-state index in [0.29, 0.717) is 26.4 Å². The molecular weight excluding hydrogens is 328 g/mol. The fourth-order valence-corrected chi connectivity index (χ4v) is 2.93. The van der Waals surface area contributed by atoms with Crippen molar-refractivity contribution >= 4 is 12.2 Å². The molecule has 0 unspecified atom stereocenters. The van der Waals surface area contributed by atoms with Gasteiger partial charge in [0.15, 0.2) is 12.6 Å². The van der Waals surface area contributed by atoms with Gasteiger partial charge in [-0.1, -0.05) is 60.7 Å². The highest BCUT2D eigenvalue weighted by Crippen LogP contribution is 2.22. The number of ether oxygens (including phenoxy) is 4. The van der Waals surface area contributed by atoms with Crippen LogP contribution in [0, 0.1) is 0 Å². The summed E-state index contributed by atoms with van der Waals surface area (Å²) in [4.78, 5) is 0. The Labute approximate surface area is 153 Å². The Balaban J connectivity index is 1.38. The van der Waals surface area contributed by atoms with Crippen LogP contribution in [0.4, 0.5) is 0 Å². The Bertz CT molecular complexity index is 682. The second-order valence-electron chi connectivity index (χ2n) is 6.18. The zero-order valence-electron chi connectivity index (χ0n) is 14.5. The lowest BCUT2D eigenvalue weighted by Crippen LogP contribution is -2.01. The lowest BCUT2D eigenvalue weighted by molar-refractivity contribution is -0.00116. The van der Waals surface area contributed by atoms with Crippen molar-refractivity contribution in [2.45, 2.75) is 12.6 Å². The molecule has 0 radical (unpaired) electrons. The highest BCUT2D eigenvalue weighted by atomic mass is 16.7. The van der Waals surface area contributed by atoms with Gasteiger partial charge in [-0.05, 0) is 34.4 Å². The Morgan fingerprint density at radius 2 is 0.885 bits per heavy atom. The Morgan fingerprint density at radius 1 is 0.538 bits per heavy atom. The quantitative estimate of drug-likeness (QED) is 0.813. The smallest absolute Gasteiger partial charge is 0.177 e. The van der Waals surface area contributed by atoms with E-state index in [1.54, 1.807) is 0 Å². The summed E-state index contributed by atoms with van der Waals surface area (Å²) in [5.74, 6) is 0. The summed E-state index contributed by atoms with van der Waals surface area (Å²) in [6.07, 6.45) is 7.52. The molecule has 2 aromatic carbocycles. The van der Waals surface area contributed by atoms with E-state index in [1.807, 2.05) is 24.3 Å². The van der Waals surface area contributed by atoms with Gasteiger partial charge < -0.3 is 18.9 Å². The normalized spacial score (nSPS) is 19.2. The molecule has 0 amide bonds. The van der Waals surface area contributed by atoms with Gasteiger partial charge in [-0.25, -0.2) is 0 Å². The van der Waals surface area contributed by atoms with Gasteiger partial charge in [-0.3, -0.25) is 0 Å².